The van der Waals surface area contributed by atoms with Gasteiger partial charge in [-0.25, -0.2) is 4.98 Å². The van der Waals surface area contributed by atoms with Crippen molar-refractivity contribution in [2.45, 2.75) is 10.6 Å². The van der Waals surface area contributed by atoms with Gasteiger partial charge in [-0.1, -0.05) is 34.8 Å². The molecule has 2 rings (SSSR count). The van der Waals surface area contributed by atoms with Crippen molar-refractivity contribution in [2.75, 3.05) is 0 Å². The molecule has 2 nitrogen and oxygen atoms in total. The lowest BCUT2D eigenvalue weighted by molar-refractivity contribution is 1.10. The molecule has 0 bridgehead atoms. The minimum absolute atomic E-state index is 0.397. The highest BCUT2D eigenvalue weighted by atomic mass is 35.5. The van der Waals surface area contributed by atoms with Gasteiger partial charge >= 0.3 is 0 Å². The van der Waals surface area contributed by atoms with Gasteiger partial charge in [0.1, 0.15) is 5.15 Å². The molecule has 0 radical (unpaired) electrons. The van der Waals surface area contributed by atoms with Crippen LogP contribution in [0.3, 0.4) is 0 Å². The number of halogens is 3. The van der Waals surface area contributed by atoms with Gasteiger partial charge in [0.25, 0.3) is 0 Å². The van der Waals surface area contributed by atoms with Crippen molar-refractivity contribution < 1.29 is 0 Å². The SMILES string of the molecule is Clc1cnc(CSc2ccc(Cl)c(Cl)c2)cn1. The second-order valence-electron chi connectivity index (χ2n) is 3.20. The largest absolute Gasteiger partial charge is 0.256 e. The van der Waals surface area contributed by atoms with Crippen LogP contribution in [0.25, 0.3) is 0 Å². The van der Waals surface area contributed by atoms with E-state index in [-0.39, 0.29) is 0 Å². The summed E-state index contributed by atoms with van der Waals surface area (Å²) in [5, 5.41) is 1.51. The van der Waals surface area contributed by atoms with Gasteiger partial charge in [-0.15, -0.1) is 11.8 Å². The Bertz CT molecular complexity index is 517. The zero-order valence-corrected chi connectivity index (χ0v) is 11.6. The van der Waals surface area contributed by atoms with Crippen LogP contribution >= 0.6 is 46.6 Å². The third-order valence-corrected chi connectivity index (χ3v) is 3.91. The number of benzene rings is 1. The Morgan fingerprint density at radius 1 is 1.00 bits per heavy atom. The summed E-state index contributed by atoms with van der Waals surface area (Å²) in [4.78, 5) is 9.16. The quantitative estimate of drug-likeness (QED) is 0.767. The fraction of sp³-hybridized carbons (Fsp3) is 0.0909. The lowest BCUT2D eigenvalue weighted by atomic mass is 10.4. The zero-order chi connectivity index (χ0) is 12.3. The molecule has 1 aromatic heterocycles. The molecule has 0 fully saturated rings. The average molecular weight is 306 g/mol. The molecule has 6 heteroatoms. The van der Waals surface area contributed by atoms with Gasteiger partial charge in [-0.05, 0) is 18.2 Å². The smallest absolute Gasteiger partial charge is 0.147 e. The maximum Gasteiger partial charge on any atom is 0.147 e. The number of hydrogen-bond acceptors (Lipinski definition) is 3. The van der Waals surface area contributed by atoms with E-state index in [4.69, 9.17) is 34.8 Å². The van der Waals surface area contributed by atoms with Gasteiger partial charge < -0.3 is 0 Å². The van der Waals surface area contributed by atoms with E-state index < -0.39 is 0 Å². The molecule has 1 heterocycles. The summed E-state index contributed by atoms with van der Waals surface area (Å²) >= 11 is 19.0. The Labute approximate surface area is 118 Å². The normalized spacial score (nSPS) is 10.5. The molecule has 0 unspecified atom stereocenters. The van der Waals surface area contributed by atoms with E-state index in [2.05, 4.69) is 9.97 Å². The first kappa shape index (κ1) is 13.0. The van der Waals surface area contributed by atoms with Crippen molar-refractivity contribution >= 4 is 46.6 Å². The minimum atomic E-state index is 0.397. The molecule has 0 atom stereocenters. The van der Waals surface area contributed by atoms with E-state index in [9.17, 15) is 0 Å². The van der Waals surface area contributed by atoms with Crippen LogP contribution in [0.1, 0.15) is 5.69 Å². The topological polar surface area (TPSA) is 25.8 Å². The molecule has 0 saturated heterocycles. The van der Waals surface area contributed by atoms with E-state index in [1.807, 2.05) is 12.1 Å². The summed E-state index contributed by atoms with van der Waals surface area (Å²) in [5.74, 6) is 0.710. The molecule has 0 amide bonds. The standard InChI is InChI=1S/C11H7Cl3N2S/c12-9-2-1-8(3-10(9)13)17-6-7-4-16-11(14)5-15-7/h1-5H,6H2. The van der Waals surface area contributed by atoms with Crippen LogP contribution in [-0.2, 0) is 5.75 Å². The van der Waals surface area contributed by atoms with E-state index in [1.165, 1.54) is 6.20 Å². The Morgan fingerprint density at radius 3 is 2.47 bits per heavy atom. The molecule has 0 aliphatic rings. The Morgan fingerprint density at radius 2 is 1.82 bits per heavy atom. The third kappa shape index (κ3) is 3.75. The van der Waals surface area contributed by atoms with Crippen molar-refractivity contribution in [1.82, 2.24) is 9.97 Å². The van der Waals surface area contributed by atoms with Crippen LogP contribution in [0.2, 0.25) is 15.2 Å². The lowest BCUT2D eigenvalue weighted by Crippen LogP contribution is -1.88. The van der Waals surface area contributed by atoms with Gasteiger partial charge in [0, 0.05) is 10.6 Å². The first-order valence-electron chi connectivity index (χ1n) is 4.69. The zero-order valence-electron chi connectivity index (χ0n) is 8.53. The van der Waals surface area contributed by atoms with Gasteiger partial charge in [0.2, 0.25) is 0 Å². The molecule has 0 saturated carbocycles. The average Bonchev–Trinajstić information content (AvgIpc) is 2.33. The molecule has 0 N–H and O–H groups in total. The van der Waals surface area contributed by atoms with Crippen molar-refractivity contribution in [3.63, 3.8) is 0 Å². The fourth-order valence-corrected chi connectivity index (χ4v) is 2.43. The molecular formula is C11H7Cl3N2S. The number of aromatic nitrogens is 2. The van der Waals surface area contributed by atoms with E-state index in [0.29, 0.717) is 21.0 Å². The van der Waals surface area contributed by atoms with E-state index in [0.717, 1.165) is 10.6 Å². The van der Waals surface area contributed by atoms with Crippen LogP contribution in [0, 0.1) is 0 Å². The monoisotopic (exact) mass is 304 g/mol. The molecule has 88 valence electrons. The van der Waals surface area contributed by atoms with Crippen molar-refractivity contribution in [2.24, 2.45) is 0 Å². The Balaban J connectivity index is 2.02. The lowest BCUT2D eigenvalue weighted by Gasteiger charge is -2.02. The van der Waals surface area contributed by atoms with Crippen LogP contribution in [0.15, 0.2) is 35.5 Å². The van der Waals surface area contributed by atoms with Crippen molar-refractivity contribution in [3.8, 4) is 0 Å². The first-order valence-corrected chi connectivity index (χ1v) is 6.81. The summed E-state index contributed by atoms with van der Waals surface area (Å²) in [6.07, 6.45) is 3.19. The molecule has 0 aliphatic heterocycles. The Hall–Kier alpha value is -0.480. The highest BCUT2D eigenvalue weighted by Gasteiger charge is 2.02. The summed E-state index contributed by atoms with van der Waals surface area (Å²) in [7, 11) is 0. The predicted molar refractivity (Wildman–Crippen MR) is 73.1 cm³/mol. The molecule has 1 aromatic carbocycles. The highest BCUT2D eigenvalue weighted by molar-refractivity contribution is 7.98. The van der Waals surface area contributed by atoms with Crippen LogP contribution in [0.5, 0.6) is 0 Å². The van der Waals surface area contributed by atoms with Gasteiger partial charge in [-0.3, -0.25) is 4.98 Å². The highest BCUT2D eigenvalue weighted by Crippen LogP contribution is 2.29. The maximum atomic E-state index is 5.93. The maximum absolute atomic E-state index is 5.93. The molecule has 2 aromatic rings. The molecule has 0 aliphatic carbocycles. The minimum Gasteiger partial charge on any atom is -0.256 e. The molecule has 17 heavy (non-hydrogen) atoms. The predicted octanol–water partition coefficient (Wildman–Crippen LogP) is 4.73. The second kappa shape index (κ2) is 5.91. The summed E-state index contributed by atoms with van der Waals surface area (Å²) < 4.78 is 0. The van der Waals surface area contributed by atoms with Crippen LogP contribution in [-0.4, -0.2) is 9.97 Å². The van der Waals surface area contributed by atoms with Crippen molar-refractivity contribution in [1.29, 1.82) is 0 Å². The molecule has 0 spiro atoms. The van der Waals surface area contributed by atoms with Gasteiger partial charge in [0.05, 0.1) is 28.1 Å². The number of thioether (sulfide) groups is 1. The van der Waals surface area contributed by atoms with Gasteiger partial charge in [-0.2, -0.15) is 0 Å². The van der Waals surface area contributed by atoms with Crippen molar-refractivity contribution in [3.05, 3.63) is 51.5 Å². The Kier molecular flexibility index (Phi) is 4.51. The first-order chi connectivity index (χ1) is 8.15. The van der Waals surface area contributed by atoms with Gasteiger partial charge in [0.15, 0.2) is 0 Å². The molecular weight excluding hydrogens is 299 g/mol. The van der Waals surface area contributed by atoms with Crippen LogP contribution in [0.4, 0.5) is 0 Å². The number of nitrogens with zero attached hydrogens (tertiary/aromatic N) is 2. The summed E-state index contributed by atoms with van der Waals surface area (Å²) in [5.41, 5.74) is 0.866. The second-order valence-corrected chi connectivity index (χ2v) is 5.45. The fourth-order valence-electron chi connectivity index (χ4n) is 1.14. The van der Waals surface area contributed by atoms with Crippen LogP contribution < -0.4 is 0 Å². The summed E-state index contributed by atoms with van der Waals surface area (Å²) in [6.45, 7) is 0. The van der Waals surface area contributed by atoms with E-state index >= 15 is 0 Å². The van der Waals surface area contributed by atoms with E-state index in [1.54, 1.807) is 24.0 Å². The number of rotatable bonds is 3. The summed E-state index contributed by atoms with van der Waals surface area (Å²) in [6, 6.07) is 5.53. The third-order valence-electron chi connectivity index (χ3n) is 1.95. The number of hydrogen-bond donors (Lipinski definition) is 0.